The lowest BCUT2D eigenvalue weighted by molar-refractivity contribution is 0.0988. The molecule has 1 aliphatic carbocycles. The Bertz CT molecular complexity index is 935. The summed E-state index contributed by atoms with van der Waals surface area (Å²) in [5.41, 5.74) is 6.11. The van der Waals surface area contributed by atoms with Crippen LogP contribution in [0.25, 0.3) is 0 Å². The van der Waals surface area contributed by atoms with Crippen molar-refractivity contribution in [2.45, 2.75) is 24.5 Å². The third-order valence-electron chi connectivity index (χ3n) is 5.01. The molecule has 1 saturated carbocycles. The summed E-state index contributed by atoms with van der Waals surface area (Å²) in [7, 11) is 0. The molecule has 0 unspecified atom stereocenters. The summed E-state index contributed by atoms with van der Waals surface area (Å²) in [4.78, 5) is 20.8. The van der Waals surface area contributed by atoms with E-state index in [2.05, 4.69) is 9.98 Å². The lowest BCUT2D eigenvalue weighted by atomic mass is 9.84. The van der Waals surface area contributed by atoms with E-state index < -0.39 is 12.2 Å². The van der Waals surface area contributed by atoms with E-state index in [0.717, 1.165) is 0 Å². The summed E-state index contributed by atoms with van der Waals surface area (Å²) < 4.78 is 19.6. The van der Waals surface area contributed by atoms with Crippen molar-refractivity contribution in [2.24, 2.45) is 16.6 Å². The van der Waals surface area contributed by atoms with Gasteiger partial charge in [-0.2, -0.15) is 0 Å². The molecule has 0 spiro atoms. The third-order valence-corrected chi connectivity index (χ3v) is 5.56. The van der Waals surface area contributed by atoms with E-state index in [0.29, 0.717) is 33.3 Å². The summed E-state index contributed by atoms with van der Waals surface area (Å²) in [6, 6.07) is 8.28. The SMILES string of the molecule is NC1=N[C@](CF)(c2cc(CC(=O)c3ccc(Cl)cn3)ccc2Cl)[C@H]2C[C@H]2O1. The topological polar surface area (TPSA) is 77.6 Å². The lowest BCUT2D eigenvalue weighted by Crippen LogP contribution is -2.39. The van der Waals surface area contributed by atoms with E-state index in [4.69, 9.17) is 33.7 Å². The molecule has 2 heterocycles. The normalized spacial score (nSPS) is 26.0. The predicted molar refractivity (Wildman–Crippen MR) is 101 cm³/mol. The second-order valence-electron chi connectivity index (χ2n) is 6.78. The van der Waals surface area contributed by atoms with Gasteiger partial charge in [0.2, 0.25) is 0 Å². The largest absolute Gasteiger partial charge is 0.462 e. The zero-order valence-corrected chi connectivity index (χ0v) is 15.7. The fraction of sp³-hybridized carbons (Fsp3) is 0.316. The quantitative estimate of drug-likeness (QED) is 0.766. The number of aromatic nitrogens is 1. The lowest BCUT2D eigenvalue weighted by Gasteiger charge is -2.32. The fourth-order valence-corrected chi connectivity index (χ4v) is 3.95. The highest BCUT2D eigenvalue weighted by Crippen LogP contribution is 2.54. The Hall–Kier alpha value is -2.18. The summed E-state index contributed by atoms with van der Waals surface area (Å²) in [6.07, 6.45) is 2.05. The van der Waals surface area contributed by atoms with E-state index >= 15 is 0 Å². The molecule has 140 valence electrons. The molecule has 3 atom stereocenters. The monoisotopic (exact) mass is 407 g/mol. The van der Waals surface area contributed by atoms with Crippen molar-refractivity contribution in [1.29, 1.82) is 0 Å². The van der Waals surface area contributed by atoms with E-state index in [1.54, 1.807) is 30.3 Å². The van der Waals surface area contributed by atoms with Crippen LogP contribution in [0.3, 0.4) is 0 Å². The van der Waals surface area contributed by atoms with E-state index in [9.17, 15) is 9.18 Å². The van der Waals surface area contributed by atoms with E-state index in [1.165, 1.54) is 6.20 Å². The van der Waals surface area contributed by atoms with Gasteiger partial charge in [0.25, 0.3) is 6.02 Å². The minimum absolute atomic E-state index is 0.0330. The molecule has 5 nitrogen and oxygen atoms in total. The first-order chi connectivity index (χ1) is 12.9. The average Bonchev–Trinajstić information content (AvgIpc) is 3.43. The van der Waals surface area contributed by atoms with Crippen LogP contribution in [-0.2, 0) is 16.7 Å². The Balaban J connectivity index is 1.66. The van der Waals surface area contributed by atoms with Gasteiger partial charge in [0, 0.05) is 29.1 Å². The summed E-state index contributed by atoms with van der Waals surface area (Å²) in [5, 5.41) is 0.844. The van der Waals surface area contributed by atoms with Gasteiger partial charge in [-0.25, -0.2) is 9.38 Å². The molecule has 0 radical (unpaired) electrons. The Kier molecular flexibility index (Phi) is 4.56. The van der Waals surface area contributed by atoms with Crippen molar-refractivity contribution in [1.82, 2.24) is 4.98 Å². The van der Waals surface area contributed by atoms with Crippen LogP contribution in [0.2, 0.25) is 10.0 Å². The summed E-state index contributed by atoms with van der Waals surface area (Å²) in [5.74, 6) is -0.287. The first kappa shape index (κ1) is 18.2. The van der Waals surface area contributed by atoms with E-state index in [-0.39, 0.29) is 30.2 Å². The molecule has 4 rings (SSSR count). The van der Waals surface area contributed by atoms with Crippen LogP contribution in [-0.4, -0.2) is 29.6 Å². The maximum Gasteiger partial charge on any atom is 0.283 e. The van der Waals surface area contributed by atoms with Crippen molar-refractivity contribution in [3.63, 3.8) is 0 Å². The van der Waals surface area contributed by atoms with Crippen LogP contribution in [0.4, 0.5) is 4.39 Å². The number of halogens is 3. The number of hydrogen-bond acceptors (Lipinski definition) is 5. The van der Waals surface area contributed by atoms with Gasteiger partial charge in [-0.1, -0.05) is 35.3 Å². The number of alkyl halides is 1. The number of Topliss-reactive ketones (excluding diaryl/α,β-unsaturated/α-hetero) is 1. The smallest absolute Gasteiger partial charge is 0.283 e. The standard InChI is InChI=1S/C19H16Cl2FN3O2/c20-11-2-4-15(24-8-11)16(26)6-10-1-3-14(21)12(5-10)19(9-22)13-7-17(13)27-18(23)25-19/h1-5,8,13,17H,6-7,9H2,(H2,23,25)/t13-,17+,19+/m0/s1. The second-order valence-corrected chi connectivity index (χ2v) is 7.63. The van der Waals surface area contributed by atoms with Gasteiger partial charge >= 0.3 is 0 Å². The van der Waals surface area contributed by atoms with Crippen molar-refractivity contribution in [3.05, 3.63) is 63.4 Å². The molecule has 2 aromatic rings. The maximum absolute atomic E-state index is 14.2. The number of ketones is 1. The van der Waals surface area contributed by atoms with Crippen LogP contribution in [0.5, 0.6) is 0 Å². The van der Waals surface area contributed by atoms with Crippen LogP contribution in [0, 0.1) is 5.92 Å². The maximum atomic E-state index is 14.2. The van der Waals surface area contributed by atoms with Crippen LogP contribution < -0.4 is 5.73 Å². The highest BCUT2D eigenvalue weighted by Gasteiger charge is 2.59. The number of benzene rings is 1. The molecular formula is C19H16Cl2FN3O2. The summed E-state index contributed by atoms with van der Waals surface area (Å²) >= 11 is 12.2. The third kappa shape index (κ3) is 3.28. The number of ether oxygens (including phenoxy) is 1. The van der Waals surface area contributed by atoms with Crippen molar-refractivity contribution >= 4 is 35.0 Å². The Labute approximate surface area is 165 Å². The molecule has 1 aromatic carbocycles. The van der Waals surface area contributed by atoms with Crippen LogP contribution in [0.1, 0.15) is 28.0 Å². The number of nitrogens with zero attached hydrogens (tertiary/aromatic N) is 2. The van der Waals surface area contributed by atoms with Crippen molar-refractivity contribution in [2.75, 3.05) is 6.67 Å². The molecule has 1 aromatic heterocycles. The minimum Gasteiger partial charge on any atom is -0.462 e. The average molecular weight is 408 g/mol. The zero-order chi connectivity index (χ0) is 19.2. The molecule has 0 amide bonds. The zero-order valence-electron chi connectivity index (χ0n) is 14.2. The number of carbonyl (C=O) groups excluding carboxylic acids is 1. The molecule has 27 heavy (non-hydrogen) atoms. The molecule has 1 fully saturated rings. The van der Waals surface area contributed by atoms with Gasteiger partial charge in [0.1, 0.15) is 24.0 Å². The number of fused-ring (bicyclic) bond motifs is 1. The molecule has 0 saturated heterocycles. The summed E-state index contributed by atoms with van der Waals surface area (Å²) in [6.45, 7) is -0.742. The highest BCUT2D eigenvalue weighted by atomic mass is 35.5. The molecular weight excluding hydrogens is 392 g/mol. The first-order valence-electron chi connectivity index (χ1n) is 8.44. The minimum atomic E-state index is -1.17. The number of nitrogens with two attached hydrogens (primary N) is 1. The number of carbonyl (C=O) groups is 1. The number of pyridine rings is 1. The first-order valence-corrected chi connectivity index (χ1v) is 9.20. The molecule has 2 N–H and O–H groups in total. The highest BCUT2D eigenvalue weighted by molar-refractivity contribution is 6.31. The molecule has 8 heteroatoms. The molecule has 1 aliphatic heterocycles. The van der Waals surface area contributed by atoms with Crippen LogP contribution in [0.15, 0.2) is 41.5 Å². The number of aliphatic imine (C=N–C) groups is 1. The van der Waals surface area contributed by atoms with Gasteiger partial charge < -0.3 is 10.5 Å². The van der Waals surface area contributed by atoms with Gasteiger partial charge in [-0.05, 0) is 30.2 Å². The van der Waals surface area contributed by atoms with Crippen molar-refractivity contribution in [3.8, 4) is 0 Å². The number of rotatable bonds is 5. The van der Waals surface area contributed by atoms with Gasteiger partial charge in [0.05, 0.1) is 5.02 Å². The Morgan fingerprint density at radius 2 is 2.15 bits per heavy atom. The Morgan fingerprint density at radius 1 is 1.33 bits per heavy atom. The van der Waals surface area contributed by atoms with Crippen LogP contribution >= 0.6 is 23.2 Å². The van der Waals surface area contributed by atoms with Gasteiger partial charge in [-0.15, -0.1) is 0 Å². The van der Waals surface area contributed by atoms with Gasteiger partial charge in [-0.3, -0.25) is 9.78 Å². The van der Waals surface area contributed by atoms with Gasteiger partial charge in [0.15, 0.2) is 5.78 Å². The molecule has 0 bridgehead atoms. The fourth-order valence-electron chi connectivity index (χ4n) is 3.56. The van der Waals surface area contributed by atoms with Crippen molar-refractivity contribution < 1.29 is 13.9 Å². The number of hydrogen-bond donors (Lipinski definition) is 1. The molecule has 2 aliphatic rings. The number of amidine groups is 1. The Morgan fingerprint density at radius 3 is 2.85 bits per heavy atom. The predicted octanol–water partition coefficient (Wildman–Crippen LogP) is 3.71. The van der Waals surface area contributed by atoms with E-state index in [1.807, 2.05) is 0 Å². The second kappa shape index (κ2) is 6.77.